The Morgan fingerprint density at radius 3 is 2.54 bits per heavy atom. The SMILES string of the molecule is Cc1ccc(CNc2ccc(NC(=O)CCl)c(N)[nH+]2)c2ccccc12.[Cl-]. The molecule has 0 bridgehead atoms. The van der Waals surface area contributed by atoms with Gasteiger partial charge in [0.1, 0.15) is 11.6 Å². The number of pyridine rings is 1. The molecule has 5 N–H and O–H groups in total. The third kappa shape index (κ3) is 4.36. The predicted octanol–water partition coefficient (Wildman–Crippen LogP) is 0.338. The van der Waals surface area contributed by atoms with E-state index in [-0.39, 0.29) is 24.2 Å². The van der Waals surface area contributed by atoms with Crippen LogP contribution < -0.4 is 33.8 Å². The van der Waals surface area contributed by atoms with E-state index < -0.39 is 0 Å². The summed E-state index contributed by atoms with van der Waals surface area (Å²) < 4.78 is 0. The van der Waals surface area contributed by atoms with E-state index in [0.717, 1.165) is 5.82 Å². The average Bonchev–Trinajstić information content (AvgIpc) is 2.63. The standard InChI is InChI=1S/C19H19ClN4O.ClH/c1-12-6-7-13(15-5-3-2-4-14(12)15)11-22-17-9-8-16(19(21)24-17)23-18(25)10-20;/h2-9H,10-11H2,1H3,(H,23,25)(H3,21,22,24);1H. The van der Waals surface area contributed by atoms with Gasteiger partial charge >= 0.3 is 0 Å². The van der Waals surface area contributed by atoms with E-state index in [1.807, 2.05) is 12.1 Å². The van der Waals surface area contributed by atoms with Gasteiger partial charge < -0.3 is 28.8 Å². The molecular formula is C19H20Cl2N4O. The van der Waals surface area contributed by atoms with Crippen molar-refractivity contribution in [1.82, 2.24) is 0 Å². The number of alkyl halides is 1. The Morgan fingerprint density at radius 2 is 1.85 bits per heavy atom. The lowest BCUT2D eigenvalue weighted by Gasteiger charge is -2.09. The Kier molecular flexibility index (Phi) is 6.66. The molecule has 0 saturated carbocycles. The third-order valence-corrected chi connectivity index (χ3v) is 4.32. The molecule has 0 atom stereocenters. The first-order valence-corrected chi connectivity index (χ1v) is 8.50. The molecule has 0 aliphatic heterocycles. The number of nitrogens with one attached hydrogen (secondary N) is 3. The van der Waals surface area contributed by atoms with Crippen molar-refractivity contribution in [3.05, 3.63) is 59.7 Å². The summed E-state index contributed by atoms with van der Waals surface area (Å²) >= 11 is 5.49. The number of carbonyl (C=O) groups is 1. The molecule has 5 nitrogen and oxygen atoms in total. The topological polar surface area (TPSA) is 81.3 Å². The molecule has 3 aromatic rings. The number of anilines is 3. The lowest BCUT2D eigenvalue weighted by Crippen LogP contribution is -3.00. The Bertz CT molecular complexity index is 931. The number of benzene rings is 2. The van der Waals surface area contributed by atoms with Gasteiger partial charge in [0.05, 0.1) is 6.54 Å². The molecule has 26 heavy (non-hydrogen) atoms. The van der Waals surface area contributed by atoms with E-state index in [0.29, 0.717) is 18.1 Å². The highest BCUT2D eigenvalue weighted by atomic mass is 35.5. The summed E-state index contributed by atoms with van der Waals surface area (Å²) in [6.45, 7) is 2.77. The number of nitrogens with two attached hydrogens (primary N) is 1. The number of amides is 1. The monoisotopic (exact) mass is 390 g/mol. The van der Waals surface area contributed by atoms with Gasteiger partial charge in [-0.05, 0) is 34.9 Å². The van der Waals surface area contributed by atoms with Crippen molar-refractivity contribution in [2.45, 2.75) is 13.5 Å². The highest BCUT2D eigenvalue weighted by Crippen LogP contribution is 2.23. The Balaban J connectivity index is 0.00000243. The van der Waals surface area contributed by atoms with E-state index in [4.69, 9.17) is 17.3 Å². The molecule has 0 radical (unpaired) electrons. The van der Waals surface area contributed by atoms with Crippen LogP contribution in [0.3, 0.4) is 0 Å². The zero-order valence-electron chi connectivity index (χ0n) is 14.3. The number of fused-ring (bicyclic) bond motifs is 1. The maximum absolute atomic E-state index is 11.4. The highest BCUT2D eigenvalue weighted by molar-refractivity contribution is 6.29. The molecule has 0 spiro atoms. The summed E-state index contributed by atoms with van der Waals surface area (Å²) in [7, 11) is 0. The largest absolute Gasteiger partial charge is 1.00 e. The fourth-order valence-electron chi connectivity index (χ4n) is 2.76. The second-order valence-electron chi connectivity index (χ2n) is 5.82. The Labute approximate surface area is 163 Å². The van der Waals surface area contributed by atoms with Crippen molar-refractivity contribution in [3.63, 3.8) is 0 Å². The second-order valence-corrected chi connectivity index (χ2v) is 6.09. The van der Waals surface area contributed by atoms with Crippen LogP contribution in [0.4, 0.5) is 17.3 Å². The summed E-state index contributed by atoms with van der Waals surface area (Å²) in [4.78, 5) is 14.4. The molecule has 136 valence electrons. The number of rotatable bonds is 5. The van der Waals surface area contributed by atoms with Crippen molar-refractivity contribution in [1.29, 1.82) is 0 Å². The molecule has 1 aromatic heterocycles. The van der Waals surface area contributed by atoms with Gasteiger partial charge in [0.25, 0.3) is 0 Å². The number of carbonyl (C=O) groups excluding carboxylic acids is 1. The lowest BCUT2D eigenvalue weighted by atomic mass is 10.0. The van der Waals surface area contributed by atoms with Crippen molar-refractivity contribution in [2.75, 3.05) is 22.2 Å². The number of nitrogen functional groups attached to an aromatic ring is 1. The number of aromatic amines is 1. The van der Waals surface area contributed by atoms with Gasteiger partial charge in [-0.2, -0.15) is 0 Å². The summed E-state index contributed by atoms with van der Waals surface area (Å²) in [6, 6.07) is 16.2. The second kappa shape index (κ2) is 8.74. The molecule has 1 heterocycles. The summed E-state index contributed by atoms with van der Waals surface area (Å²) in [5.74, 6) is 0.733. The van der Waals surface area contributed by atoms with E-state index in [1.54, 1.807) is 6.07 Å². The zero-order chi connectivity index (χ0) is 17.8. The number of halogens is 2. The molecule has 0 aliphatic carbocycles. The van der Waals surface area contributed by atoms with Crippen LogP contribution in [0, 0.1) is 6.92 Å². The van der Waals surface area contributed by atoms with Crippen LogP contribution in [0.15, 0.2) is 48.5 Å². The van der Waals surface area contributed by atoms with Gasteiger partial charge in [-0.15, -0.1) is 11.6 Å². The van der Waals surface area contributed by atoms with E-state index in [9.17, 15) is 4.79 Å². The van der Waals surface area contributed by atoms with Crippen LogP contribution in [0.25, 0.3) is 10.8 Å². The minimum Gasteiger partial charge on any atom is -1.00 e. The van der Waals surface area contributed by atoms with Crippen LogP contribution in [0.1, 0.15) is 11.1 Å². The van der Waals surface area contributed by atoms with Crippen molar-refractivity contribution in [2.24, 2.45) is 0 Å². The van der Waals surface area contributed by atoms with E-state index in [1.165, 1.54) is 21.9 Å². The molecule has 0 unspecified atom stereocenters. The van der Waals surface area contributed by atoms with Crippen LogP contribution in [0.5, 0.6) is 0 Å². The van der Waals surface area contributed by atoms with Crippen molar-refractivity contribution >= 4 is 45.6 Å². The molecule has 2 aromatic carbocycles. The summed E-state index contributed by atoms with van der Waals surface area (Å²) in [5, 5.41) is 8.45. The quantitative estimate of drug-likeness (QED) is 0.549. The molecule has 1 amide bonds. The fraction of sp³-hybridized carbons (Fsp3) is 0.158. The van der Waals surface area contributed by atoms with Gasteiger partial charge in [-0.25, -0.2) is 4.98 Å². The average molecular weight is 391 g/mol. The molecule has 0 aliphatic rings. The zero-order valence-corrected chi connectivity index (χ0v) is 15.8. The number of hydrogen-bond acceptors (Lipinski definition) is 3. The van der Waals surface area contributed by atoms with Gasteiger partial charge in [0.15, 0.2) is 0 Å². The predicted molar refractivity (Wildman–Crippen MR) is 103 cm³/mol. The van der Waals surface area contributed by atoms with E-state index >= 15 is 0 Å². The minimum atomic E-state index is -0.298. The number of aryl methyl sites for hydroxylation is 1. The highest BCUT2D eigenvalue weighted by Gasteiger charge is 2.10. The number of hydrogen-bond donors (Lipinski definition) is 3. The molecular weight excluding hydrogens is 371 g/mol. The maximum atomic E-state index is 11.4. The molecule has 3 rings (SSSR count). The number of H-pyrrole nitrogens is 1. The Hall–Kier alpha value is -2.50. The van der Waals surface area contributed by atoms with Gasteiger partial charge in [-0.3, -0.25) is 4.79 Å². The smallest absolute Gasteiger partial charge is 0.241 e. The van der Waals surface area contributed by atoms with Crippen molar-refractivity contribution in [3.8, 4) is 0 Å². The van der Waals surface area contributed by atoms with Crippen LogP contribution >= 0.6 is 11.6 Å². The Morgan fingerprint density at radius 1 is 1.12 bits per heavy atom. The molecule has 0 fully saturated rings. The lowest BCUT2D eigenvalue weighted by molar-refractivity contribution is -0.342. The van der Waals surface area contributed by atoms with Crippen LogP contribution in [-0.4, -0.2) is 11.8 Å². The first-order valence-electron chi connectivity index (χ1n) is 7.97. The van der Waals surface area contributed by atoms with Crippen molar-refractivity contribution < 1.29 is 22.2 Å². The molecule has 7 heteroatoms. The minimum absolute atomic E-state index is 0. The van der Waals surface area contributed by atoms with Crippen LogP contribution in [-0.2, 0) is 11.3 Å². The van der Waals surface area contributed by atoms with Crippen LogP contribution in [0.2, 0.25) is 0 Å². The first-order chi connectivity index (χ1) is 12.1. The summed E-state index contributed by atoms with van der Waals surface area (Å²) in [5.41, 5.74) is 8.92. The fourth-order valence-corrected chi connectivity index (χ4v) is 2.83. The summed E-state index contributed by atoms with van der Waals surface area (Å²) in [6.07, 6.45) is 0. The first kappa shape index (κ1) is 19.8. The van der Waals surface area contributed by atoms with E-state index in [2.05, 4.69) is 52.9 Å². The van der Waals surface area contributed by atoms with Gasteiger partial charge in [-0.1, -0.05) is 36.4 Å². The molecule has 0 saturated heterocycles. The normalized spacial score (nSPS) is 10.2. The van der Waals surface area contributed by atoms with Gasteiger partial charge in [0, 0.05) is 6.07 Å². The number of aromatic nitrogens is 1. The van der Waals surface area contributed by atoms with Gasteiger partial charge in [0.2, 0.25) is 17.5 Å². The third-order valence-electron chi connectivity index (χ3n) is 4.07. The maximum Gasteiger partial charge on any atom is 0.241 e.